The van der Waals surface area contributed by atoms with E-state index in [4.69, 9.17) is 15.0 Å². The number of benzene rings is 9. The Morgan fingerprint density at radius 3 is 1.58 bits per heavy atom. The maximum Gasteiger partial charge on any atom is 0.0972 e. The summed E-state index contributed by atoms with van der Waals surface area (Å²) in [5, 5.41) is 19.8. The Morgan fingerprint density at radius 1 is 0.345 bits per heavy atom. The number of thiophene rings is 1. The summed E-state index contributed by atoms with van der Waals surface area (Å²) in [7, 11) is 0. The van der Waals surface area contributed by atoms with E-state index in [1.54, 1.807) is 0 Å². The predicted octanol–water partition coefficient (Wildman–Crippen LogP) is 14.2. The zero-order valence-electron chi connectivity index (χ0n) is 29.3. The van der Waals surface area contributed by atoms with E-state index in [1.807, 2.05) is 23.7 Å². The molecule has 4 heteroatoms. The lowest BCUT2D eigenvalue weighted by molar-refractivity contribution is 1.33. The summed E-state index contributed by atoms with van der Waals surface area (Å²) in [6.45, 7) is 0. The van der Waals surface area contributed by atoms with Crippen molar-refractivity contribution in [3.05, 3.63) is 164 Å². The van der Waals surface area contributed by atoms with Gasteiger partial charge in [0, 0.05) is 54.5 Å². The highest BCUT2D eigenvalue weighted by Gasteiger charge is 2.18. The van der Waals surface area contributed by atoms with Gasteiger partial charge in [-0.1, -0.05) is 127 Å². The third-order valence-corrected chi connectivity index (χ3v) is 13.0. The number of hydrogen-bond acceptors (Lipinski definition) is 4. The summed E-state index contributed by atoms with van der Waals surface area (Å²) in [5.74, 6) is 0. The first kappa shape index (κ1) is 29.4. The predicted molar refractivity (Wildman–Crippen MR) is 235 cm³/mol. The Kier molecular flexibility index (Phi) is 5.77. The average Bonchev–Trinajstić information content (AvgIpc) is 3.62. The largest absolute Gasteiger partial charge is 0.263 e. The molecule has 0 fully saturated rings. The van der Waals surface area contributed by atoms with Crippen LogP contribution in [0.5, 0.6) is 0 Å². The van der Waals surface area contributed by atoms with Gasteiger partial charge in [-0.05, 0) is 88.9 Å². The molecule has 13 aromatic rings. The monoisotopic (exact) mass is 713 g/mol. The lowest BCUT2D eigenvalue weighted by Gasteiger charge is -2.14. The first-order valence-corrected chi connectivity index (χ1v) is 19.5. The molecule has 0 amide bonds. The van der Waals surface area contributed by atoms with Crippen LogP contribution in [-0.4, -0.2) is 15.0 Å². The van der Waals surface area contributed by atoms with Crippen molar-refractivity contribution in [1.82, 2.24) is 15.0 Å². The molecule has 0 atom stereocenters. The van der Waals surface area contributed by atoms with Crippen LogP contribution >= 0.6 is 11.3 Å². The maximum absolute atomic E-state index is 5.40. The van der Waals surface area contributed by atoms with Crippen LogP contribution in [0.1, 0.15) is 0 Å². The van der Waals surface area contributed by atoms with Gasteiger partial charge in [-0.3, -0.25) is 4.98 Å². The van der Waals surface area contributed by atoms with Gasteiger partial charge in [-0.2, -0.15) is 0 Å². The van der Waals surface area contributed by atoms with Gasteiger partial charge in [-0.25, -0.2) is 9.97 Å². The second-order valence-corrected chi connectivity index (χ2v) is 15.8. The van der Waals surface area contributed by atoms with E-state index >= 15 is 0 Å². The number of nitrogens with zero attached hydrogens (tertiary/aromatic N) is 3. The molecule has 0 radical (unpaired) electrons. The van der Waals surface area contributed by atoms with Crippen LogP contribution < -0.4 is 0 Å². The number of hydrogen-bond donors (Lipinski definition) is 0. The lowest BCUT2D eigenvalue weighted by atomic mass is 9.91. The van der Waals surface area contributed by atoms with Crippen molar-refractivity contribution in [3.63, 3.8) is 0 Å². The molecule has 0 N–H and O–H groups in total. The van der Waals surface area contributed by atoms with Crippen molar-refractivity contribution in [1.29, 1.82) is 0 Å². The third-order valence-electron chi connectivity index (χ3n) is 11.8. The fourth-order valence-electron chi connectivity index (χ4n) is 9.30. The number of fused-ring (bicyclic) bond motifs is 12. The van der Waals surface area contributed by atoms with Gasteiger partial charge < -0.3 is 0 Å². The summed E-state index contributed by atoms with van der Waals surface area (Å²) < 4.78 is 2.45. The van der Waals surface area contributed by atoms with Gasteiger partial charge in [0.25, 0.3) is 0 Å². The summed E-state index contributed by atoms with van der Waals surface area (Å²) in [6, 6.07) is 55.3. The molecule has 4 aromatic heterocycles. The van der Waals surface area contributed by atoms with Crippen LogP contribution in [-0.2, 0) is 0 Å². The molecule has 0 saturated carbocycles. The van der Waals surface area contributed by atoms with Crippen LogP contribution in [0.25, 0.3) is 129 Å². The van der Waals surface area contributed by atoms with Crippen molar-refractivity contribution >= 4 is 118 Å². The first-order valence-electron chi connectivity index (χ1n) is 18.7. The zero-order valence-corrected chi connectivity index (χ0v) is 30.2. The second kappa shape index (κ2) is 10.8. The molecule has 13 rings (SSSR count). The molecule has 0 spiro atoms. The highest BCUT2D eigenvalue weighted by atomic mass is 32.1. The van der Waals surface area contributed by atoms with E-state index < -0.39 is 0 Å². The highest BCUT2D eigenvalue weighted by Crippen LogP contribution is 2.45. The fourth-order valence-corrected chi connectivity index (χ4v) is 10.5. The molecular formula is C51H27N3S. The van der Waals surface area contributed by atoms with Crippen LogP contribution in [0.15, 0.2) is 164 Å². The molecule has 252 valence electrons. The number of rotatable bonds is 2. The molecule has 4 heterocycles. The van der Waals surface area contributed by atoms with Gasteiger partial charge in [0.2, 0.25) is 0 Å². The normalized spacial score (nSPS) is 12.4. The van der Waals surface area contributed by atoms with Crippen molar-refractivity contribution in [3.8, 4) is 22.5 Å². The van der Waals surface area contributed by atoms with E-state index in [-0.39, 0.29) is 0 Å². The van der Waals surface area contributed by atoms with Crippen molar-refractivity contribution < 1.29 is 0 Å². The Balaban J connectivity index is 1.02. The van der Waals surface area contributed by atoms with E-state index in [2.05, 4.69) is 152 Å². The van der Waals surface area contributed by atoms with Gasteiger partial charge in [-0.15, -0.1) is 11.3 Å². The summed E-state index contributed by atoms with van der Waals surface area (Å²) >= 11 is 1.83. The molecule has 0 aliphatic heterocycles. The van der Waals surface area contributed by atoms with Crippen molar-refractivity contribution in [2.45, 2.75) is 0 Å². The van der Waals surface area contributed by atoms with Gasteiger partial charge in [0.15, 0.2) is 0 Å². The number of pyridine rings is 3. The maximum atomic E-state index is 5.40. The Hall–Kier alpha value is -7.01. The van der Waals surface area contributed by atoms with Gasteiger partial charge >= 0.3 is 0 Å². The quantitative estimate of drug-likeness (QED) is 0.167. The molecule has 0 saturated heterocycles. The minimum atomic E-state index is 0.899. The molecule has 0 aliphatic rings. The Bertz CT molecular complexity index is 3770. The Labute approximate surface area is 318 Å². The summed E-state index contributed by atoms with van der Waals surface area (Å²) in [6.07, 6.45) is 4.00. The molecule has 0 unspecified atom stereocenters. The minimum absolute atomic E-state index is 0.899. The molecule has 0 bridgehead atoms. The molecule has 55 heavy (non-hydrogen) atoms. The highest BCUT2D eigenvalue weighted by molar-refractivity contribution is 7.26. The topological polar surface area (TPSA) is 38.7 Å². The van der Waals surface area contributed by atoms with E-state index in [1.165, 1.54) is 79.4 Å². The molecular weight excluding hydrogens is 687 g/mol. The lowest BCUT2D eigenvalue weighted by Crippen LogP contribution is -1.92. The standard InChI is InChI=1S/C51H27N3S/c1-3-10-35-33(8-1)34-9-2-4-11-36(34)40-25-46-41(24-39(35)40)42-26-52-27-43(51(42)55-46)45-23-19-32-15-14-31-18-22-44(53-49(31)50(32)54-45)37-20-16-30-13-12-28-6-5-7-29-17-21-38(37)48(30)47(28)29/h1-27H. The first-order chi connectivity index (χ1) is 27.2. The van der Waals surface area contributed by atoms with Crippen molar-refractivity contribution in [2.75, 3.05) is 0 Å². The molecule has 0 aliphatic carbocycles. The van der Waals surface area contributed by atoms with E-state index in [0.717, 1.165) is 49.7 Å². The second-order valence-electron chi connectivity index (χ2n) is 14.7. The van der Waals surface area contributed by atoms with Crippen LogP contribution in [0.2, 0.25) is 0 Å². The minimum Gasteiger partial charge on any atom is -0.263 e. The van der Waals surface area contributed by atoms with E-state index in [9.17, 15) is 0 Å². The third kappa shape index (κ3) is 4.06. The fraction of sp³-hybridized carbons (Fsp3) is 0. The average molecular weight is 714 g/mol. The summed E-state index contributed by atoms with van der Waals surface area (Å²) in [4.78, 5) is 15.6. The Morgan fingerprint density at radius 2 is 0.891 bits per heavy atom. The van der Waals surface area contributed by atoms with Gasteiger partial charge in [0.05, 0.1) is 22.4 Å². The van der Waals surface area contributed by atoms with Crippen molar-refractivity contribution in [2.24, 2.45) is 0 Å². The van der Waals surface area contributed by atoms with Crippen LogP contribution in [0.4, 0.5) is 0 Å². The summed E-state index contributed by atoms with van der Waals surface area (Å²) in [5.41, 5.74) is 5.83. The smallest absolute Gasteiger partial charge is 0.0972 e. The number of aromatic nitrogens is 3. The zero-order chi connectivity index (χ0) is 35.8. The van der Waals surface area contributed by atoms with E-state index in [0.29, 0.717) is 0 Å². The SMILES string of the molecule is c1cc2ccc3ccc(-c4ccc5ccc6ccc(-c7cncc8c7sc7cc9c%10ccccc%10c%10ccccc%10c9cc78)nc6c5n4)c4ccc(c1)c2c34. The molecule has 3 nitrogen and oxygen atoms in total. The molecule has 9 aromatic carbocycles. The van der Waals surface area contributed by atoms with Crippen LogP contribution in [0.3, 0.4) is 0 Å². The van der Waals surface area contributed by atoms with Crippen LogP contribution in [0, 0.1) is 0 Å². The van der Waals surface area contributed by atoms with Gasteiger partial charge in [0.1, 0.15) is 0 Å².